The molecule has 1 fully saturated rings. The largest absolute Gasteiger partial charge is 0.478 e. The Morgan fingerprint density at radius 1 is 1.56 bits per heavy atom. The van der Waals surface area contributed by atoms with Gasteiger partial charge in [0, 0.05) is 13.1 Å². The molecule has 1 saturated heterocycles. The molecule has 3 nitrogen and oxygen atoms in total. The second kappa shape index (κ2) is 3.87. The van der Waals surface area contributed by atoms with Crippen LogP contribution in [0.2, 0.25) is 0 Å². The Kier molecular flexibility index (Phi) is 2.68. The van der Waals surface area contributed by atoms with Crippen LogP contribution in [0.4, 0.5) is 4.39 Å². The molecule has 4 heteroatoms. The molecule has 1 N–H and O–H groups in total. The Hall–Kier alpha value is -1.42. The van der Waals surface area contributed by atoms with Crippen molar-refractivity contribution in [3.63, 3.8) is 0 Å². The van der Waals surface area contributed by atoms with Gasteiger partial charge in [-0.15, -0.1) is 0 Å². The monoisotopic (exact) mass is 223 g/mol. The Morgan fingerprint density at radius 2 is 2.31 bits per heavy atom. The molecule has 1 aliphatic rings. The van der Waals surface area contributed by atoms with Crippen LogP contribution in [0, 0.1) is 0 Å². The van der Waals surface area contributed by atoms with Gasteiger partial charge >= 0.3 is 5.97 Å². The first kappa shape index (κ1) is 11.1. The van der Waals surface area contributed by atoms with Gasteiger partial charge in [0.15, 0.2) is 0 Å². The highest BCUT2D eigenvalue weighted by Gasteiger charge is 2.38. The molecule has 0 spiro atoms. The summed E-state index contributed by atoms with van der Waals surface area (Å²) in [6.07, 6.45) is 0.423. The van der Waals surface area contributed by atoms with Crippen LogP contribution in [0.15, 0.2) is 24.3 Å². The number of rotatable bonds is 2. The summed E-state index contributed by atoms with van der Waals surface area (Å²) in [5.74, 6) is -1.02. The lowest BCUT2D eigenvalue weighted by molar-refractivity contribution is 0.0696. The summed E-state index contributed by atoms with van der Waals surface area (Å²) in [6, 6.07) is 6.17. The first-order valence-electron chi connectivity index (χ1n) is 5.22. The van der Waals surface area contributed by atoms with Gasteiger partial charge in [-0.3, -0.25) is 0 Å². The van der Waals surface area contributed by atoms with Gasteiger partial charge in [-0.25, -0.2) is 9.18 Å². The predicted octanol–water partition coefficient (Wildman–Crippen LogP) is 1.89. The molecule has 1 atom stereocenters. The van der Waals surface area contributed by atoms with Crippen molar-refractivity contribution in [3.05, 3.63) is 35.4 Å². The fourth-order valence-electron chi connectivity index (χ4n) is 2.12. The van der Waals surface area contributed by atoms with E-state index in [4.69, 9.17) is 5.11 Å². The second-order valence-electron chi connectivity index (χ2n) is 4.34. The van der Waals surface area contributed by atoms with Gasteiger partial charge in [-0.05, 0) is 31.2 Å². The zero-order valence-electron chi connectivity index (χ0n) is 9.11. The third kappa shape index (κ3) is 1.93. The lowest BCUT2D eigenvalue weighted by Gasteiger charge is -2.20. The first-order chi connectivity index (χ1) is 7.51. The van der Waals surface area contributed by atoms with E-state index < -0.39 is 11.6 Å². The SMILES string of the molecule is CN1CCC(F)(c2cccc(C(=O)O)c2)C1. The van der Waals surface area contributed by atoms with Crippen LogP contribution in [0.1, 0.15) is 22.3 Å². The van der Waals surface area contributed by atoms with E-state index in [2.05, 4.69) is 0 Å². The fourth-order valence-corrected chi connectivity index (χ4v) is 2.12. The second-order valence-corrected chi connectivity index (χ2v) is 4.34. The van der Waals surface area contributed by atoms with E-state index in [-0.39, 0.29) is 5.56 Å². The van der Waals surface area contributed by atoms with Crippen LogP contribution < -0.4 is 0 Å². The van der Waals surface area contributed by atoms with Crippen molar-refractivity contribution in [1.29, 1.82) is 0 Å². The zero-order chi connectivity index (χ0) is 11.8. The number of likely N-dealkylation sites (tertiary alicyclic amines) is 1. The van der Waals surface area contributed by atoms with Crippen molar-refractivity contribution >= 4 is 5.97 Å². The molecule has 0 bridgehead atoms. The molecular formula is C12H14FNO2. The third-order valence-corrected chi connectivity index (χ3v) is 3.04. The van der Waals surface area contributed by atoms with E-state index in [0.29, 0.717) is 25.1 Å². The molecule has 0 aliphatic carbocycles. The summed E-state index contributed by atoms with van der Waals surface area (Å²) in [4.78, 5) is 12.7. The van der Waals surface area contributed by atoms with Crippen molar-refractivity contribution in [3.8, 4) is 0 Å². The highest BCUT2D eigenvalue weighted by Crippen LogP contribution is 2.35. The van der Waals surface area contributed by atoms with Crippen molar-refractivity contribution in [2.45, 2.75) is 12.1 Å². The van der Waals surface area contributed by atoms with E-state index in [1.807, 2.05) is 11.9 Å². The number of hydrogen-bond acceptors (Lipinski definition) is 2. The van der Waals surface area contributed by atoms with Crippen molar-refractivity contribution in [2.75, 3.05) is 20.1 Å². The maximum atomic E-state index is 14.5. The molecular weight excluding hydrogens is 209 g/mol. The average Bonchev–Trinajstić information content (AvgIpc) is 2.60. The summed E-state index contributed by atoms with van der Waals surface area (Å²) >= 11 is 0. The van der Waals surface area contributed by atoms with Crippen LogP contribution >= 0.6 is 0 Å². The standard InChI is InChI=1S/C12H14FNO2/c1-14-6-5-12(13,8-14)10-4-2-3-9(7-10)11(15)16/h2-4,7H,5-6,8H2,1H3,(H,15,16). The van der Waals surface area contributed by atoms with Gasteiger partial charge in [0.05, 0.1) is 5.56 Å². The topological polar surface area (TPSA) is 40.5 Å². The molecule has 1 aromatic rings. The first-order valence-corrected chi connectivity index (χ1v) is 5.22. The fraction of sp³-hybridized carbons (Fsp3) is 0.417. The van der Waals surface area contributed by atoms with E-state index >= 15 is 0 Å². The minimum atomic E-state index is -1.40. The third-order valence-electron chi connectivity index (χ3n) is 3.04. The highest BCUT2D eigenvalue weighted by atomic mass is 19.1. The number of likely N-dealkylation sites (N-methyl/N-ethyl adjacent to an activating group) is 1. The molecule has 16 heavy (non-hydrogen) atoms. The Labute approximate surface area is 93.5 Å². The number of nitrogens with zero attached hydrogens (tertiary/aromatic N) is 1. The van der Waals surface area contributed by atoms with Crippen LogP contribution in [-0.2, 0) is 5.67 Å². The van der Waals surface area contributed by atoms with Crippen molar-refractivity contribution in [1.82, 2.24) is 4.90 Å². The van der Waals surface area contributed by atoms with Crippen LogP contribution in [0.5, 0.6) is 0 Å². The van der Waals surface area contributed by atoms with Crippen LogP contribution in [-0.4, -0.2) is 36.1 Å². The molecule has 1 aliphatic heterocycles. The maximum Gasteiger partial charge on any atom is 0.335 e. The van der Waals surface area contributed by atoms with E-state index in [0.717, 1.165) is 0 Å². The van der Waals surface area contributed by atoms with Crippen molar-refractivity contribution in [2.24, 2.45) is 0 Å². The van der Waals surface area contributed by atoms with E-state index in [1.165, 1.54) is 12.1 Å². The summed E-state index contributed by atoms with van der Waals surface area (Å²) in [7, 11) is 1.86. The van der Waals surface area contributed by atoms with Gasteiger partial charge in [0.2, 0.25) is 0 Å². The molecule has 2 rings (SSSR count). The average molecular weight is 223 g/mol. The van der Waals surface area contributed by atoms with Crippen molar-refractivity contribution < 1.29 is 14.3 Å². The molecule has 0 radical (unpaired) electrons. The molecule has 0 saturated carbocycles. The number of carboxylic acids is 1. The summed E-state index contributed by atoms with van der Waals surface area (Å²) in [5.41, 5.74) is -0.791. The quantitative estimate of drug-likeness (QED) is 0.832. The van der Waals surface area contributed by atoms with E-state index in [9.17, 15) is 9.18 Å². The number of alkyl halides is 1. The molecule has 1 unspecified atom stereocenters. The summed E-state index contributed by atoms with van der Waals surface area (Å²) in [6.45, 7) is 1.03. The Bertz CT molecular complexity index is 421. The van der Waals surface area contributed by atoms with Gasteiger partial charge in [-0.2, -0.15) is 0 Å². The highest BCUT2D eigenvalue weighted by molar-refractivity contribution is 5.87. The smallest absolute Gasteiger partial charge is 0.335 e. The lowest BCUT2D eigenvalue weighted by atomic mass is 9.93. The van der Waals surface area contributed by atoms with Crippen LogP contribution in [0.25, 0.3) is 0 Å². The molecule has 1 aromatic carbocycles. The lowest BCUT2D eigenvalue weighted by Crippen LogP contribution is -2.24. The maximum absolute atomic E-state index is 14.5. The molecule has 1 heterocycles. The normalized spacial score (nSPS) is 25.9. The van der Waals surface area contributed by atoms with Gasteiger partial charge < -0.3 is 10.0 Å². The number of aromatic carboxylic acids is 1. The number of hydrogen-bond donors (Lipinski definition) is 1. The summed E-state index contributed by atoms with van der Waals surface area (Å²) < 4.78 is 14.5. The van der Waals surface area contributed by atoms with Gasteiger partial charge in [0.1, 0.15) is 5.67 Å². The minimum absolute atomic E-state index is 0.143. The van der Waals surface area contributed by atoms with Crippen LogP contribution in [0.3, 0.4) is 0 Å². The Balaban J connectivity index is 2.33. The summed E-state index contributed by atoms with van der Waals surface area (Å²) in [5, 5.41) is 8.86. The minimum Gasteiger partial charge on any atom is -0.478 e. The van der Waals surface area contributed by atoms with E-state index in [1.54, 1.807) is 12.1 Å². The molecule has 0 aromatic heterocycles. The zero-order valence-corrected chi connectivity index (χ0v) is 9.11. The Morgan fingerprint density at radius 3 is 2.88 bits per heavy atom. The van der Waals surface area contributed by atoms with Gasteiger partial charge in [-0.1, -0.05) is 12.1 Å². The number of carboxylic acid groups (broad SMARTS) is 1. The molecule has 86 valence electrons. The molecule has 0 amide bonds. The number of halogens is 1. The number of benzene rings is 1. The number of carbonyl (C=O) groups is 1. The van der Waals surface area contributed by atoms with Gasteiger partial charge in [0.25, 0.3) is 0 Å². The predicted molar refractivity (Wildman–Crippen MR) is 58.3 cm³/mol.